The Bertz CT molecular complexity index is 785. The second kappa shape index (κ2) is 5.19. The van der Waals surface area contributed by atoms with Crippen LogP contribution in [0.4, 0.5) is 15.8 Å². The summed E-state index contributed by atoms with van der Waals surface area (Å²) < 4.78 is 14.5. The van der Waals surface area contributed by atoms with E-state index in [2.05, 4.69) is 26.6 Å². The zero-order valence-electron chi connectivity index (χ0n) is 10.7. The summed E-state index contributed by atoms with van der Waals surface area (Å²) in [6.45, 7) is 0. The van der Waals surface area contributed by atoms with Gasteiger partial charge in [-0.1, -0.05) is 28.1 Å². The number of fused-ring (bicyclic) bond motifs is 1. The minimum atomic E-state index is -0.651. The van der Waals surface area contributed by atoms with Crippen LogP contribution in [0.2, 0.25) is 0 Å². The van der Waals surface area contributed by atoms with Crippen molar-refractivity contribution in [3.8, 4) is 6.07 Å². The Hall–Kier alpha value is -2.39. The molecular weight excluding hydrogens is 337 g/mol. The Balaban J connectivity index is 1.99. The van der Waals surface area contributed by atoms with Crippen LogP contribution in [0.3, 0.4) is 0 Å². The molecule has 4 nitrogen and oxygen atoms in total. The van der Waals surface area contributed by atoms with E-state index in [1.807, 2.05) is 12.1 Å². The molecule has 0 aliphatic carbocycles. The fourth-order valence-electron chi connectivity index (χ4n) is 2.29. The van der Waals surface area contributed by atoms with Gasteiger partial charge < -0.3 is 10.6 Å². The van der Waals surface area contributed by atoms with Gasteiger partial charge in [0.15, 0.2) is 0 Å². The van der Waals surface area contributed by atoms with Crippen LogP contribution in [0.25, 0.3) is 0 Å². The van der Waals surface area contributed by atoms with E-state index in [1.54, 1.807) is 18.2 Å². The number of nitrogens with one attached hydrogen (secondary N) is 2. The van der Waals surface area contributed by atoms with Gasteiger partial charge in [0.1, 0.15) is 23.5 Å². The van der Waals surface area contributed by atoms with Crippen LogP contribution in [-0.4, -0.2) is 5.91 Å². The number of carbonyl (C=O) groups excluding carboxylic acids is 1. The molecule has 0 bridgehead atoms. The van der Waals surface area contributed by atoms with Crippen molar-refractivity contribution in [2.45, 2.75) is 6.04 Å². The Morgan fingerprint density at radius 2 is 2.14 bits per heavy atom. The first-order chi connectivity index (χ1) is 10.1. The smallest absolute Gasteiger partial charge is 0.251 e. The molecule has 1 unspecified atom stereocenters. The fraction of sp³-hybridized carbons (Fsp3) is 0.0667. The van der Waals surface area contributed by atoms with Crippen molar-refractivity contribution in [1.82, 2.24) is 0 Å². The molecule has 0 spiro atoms. The SMILES string of the molecule is N#Cc1c(F)cccc1NC1C(=O)Nc2cc(Br)ccc21. The van der Waals surface area contributed by atoms with Gasteiger partial charge in [0.2, 0.25) is 0 Å². The number of halogens is 2. The molecular formula is C15H9BrFN3O. The van der Waals surface area contributed by atoms with Gasteiger partial charge in [-0.15, -0.1) is 0 Å². The van der Waals surface area contributed by atoms with E-state index in [9.17, 15) is 9.18 Å². The Kier molecular flexibility index (Phi) is 3.35. The third-order valence-electron chi connectivity index (χ3n) is 3.27. The summed E-state index contributed by atoms with van der Waals surface area (Å²) in [5, 5.41) is 14.7. The molecule has 0 fully saturated rings. The van der Waals surface area contributed by atoms with Crippen LogP contribution in [0, 0.1) is 17.1 Å². The van der Waals surface area contributed by atoms with Crippen molar-refractivity contribution in [1.29, 1.82) is 5.26 Å². The zero-order valence-corrected chi connectivity index (χ0v) is 12.2. The average molecular weight is 346 g/mol. The van der Waals surface area contributed by atoms with E-state index >= 15 is 0 Å². The third-order valence-corrected chi connectivity index (χ3v) is 3.76. The van der Waals surface area contributed by atoms with Crippen LogP contribution in [-0.2, 0) is 4.79 Å². The summed E-state index contributed by atoms with van der Waals surface area (Å²) in [5.74, 6) is -0.854. The maximum Gasteiger partial charge on any atom is 0.251 e. The maximum absolute atomic E-state index is 13.6. The van der Waals surface area contributed by atoms with Crippen molar-refractivity contribution >= 4 is 33.2 Å². The predicted octanol–water partition coefficient (Wildman–Crippen LogP) is 3.57. The lowest BCUT2D eigenvalue weighted by Gasteiger charge is -2.14. The standard InChI is InChI=1S/C15H9BrFN3O/c16-8-4-5-9-13(6-8)20-15(21)14(9)19-12-3-1-2-11(17)10(12)7-18/h1-6,14,19H,(H,20,21). The van der Waals surface area contributed by atoms with E-state index in [-0.39, 0.29) is 11.5 Å². The normalized spacial score (nSPS) is 16.0. The summed E-state index contributed by atoms with van der Waals surface area (Å²) in [4.78, 5) is 12.1. The van der Waals surface area contributed by atoms with Crippen molar-refractivity contribution in [2.75, 3.05) is 10.6 Å². The van der Waals surface area contributed by atoms with Crippen LogP contribution >= 0.6 is 15.9 Å². The molecule has 3 rings (SSSR count). The Morgan fingerprint density at radius 1 is 1.33 bits per heavy atom. The first kappa shape index (κ1) is 13.6. The van der Waals surface area contributed by atoms with Crippen LogP contribution in [0.15, 0.2) is 40.9 Å². The van der Waals surface area contributed by atoms with Crippen LogP contribution in [0.1, 0.15) is 17.2 Å². The minimum absolute atomic E-state index is 0.101. The van der Waals surface area contributed by atoms with Crippen LogP contribution in [0.5, 0.6) is 0 Å². The van der Waals surface area contributed by atoms with Crippen LogP contribution < -0.4 is 10.6 Å². The second-order valence-electron chi connectivity index (χ2n) is 4.57. The molecule has 2 aromatic rings. The molecule has 6 heteroatoms. The number of hydrogen-bond donors (Lipinski definition) is 2. The lowest BCUT2D eigenvalue weighted by Crippen LogP contribution is -2.20. The van der Waals surface area contributed by atoms with Gasteiger partial charge in [-0.25, -0.2) is 4.39 Å². The van der Waals surface area contributed by atoms with Crippen molar-refractivity contribution in [3.05, 3.63) is 57.8 Å². The van der Waals surface area contributed by atoms with Gasteiger partial charge in [-0.3, -0.25) is 4.79 Å². The predicted molar refractivity (Wildman–Crippen MR) is 80.3 cm³/mol. The number of amides is 1. The topological polar surface area (TPSA) is 64.9 Å². The number of benzene rings is 2. The number of carbonyl (C=O) groups is 1. The van der Waals surface area contributed by atoms with E-state index in [4.69, 9.17) is 5.26 Å². The van der Waals surface area contributed by atoms with Gasteiger partial charge in [0, 0.05) is 15.7 Å². The summed E-state index contributed by atoms with van der Waals surface area (Å²) in [5.41, 5.74) is 1.66. The minimum Gasteiger partial charge on any atom is -0.369 e. The Labute approximate surface area is 128 Å². The number of rotatable bonds is 2. The van der Waals surface area contributed by atoms with E-state index in [0.29, 0.717) is 11.4 Å². The van der Waals surface area contributed by atoms with Gasteiger partial charge >= 0.3 is 0 Å². The molecule has 0 radical (unpaired) electrons. The molecule has 0 aromatic heterocycles. The number of anilines is 2. The quantitative estimate of drug-likeness (QED) is 0.874. The Morgan fingerprint density at radius 3 is 2.90 bits per heavy atom. The summed E-state index contributed by atoms with van der Waals surface area (Å²) in [6.07, 6.45) is 0. The van der Waals surface area contributed by atoms with Crippen molar-refractivity contribution in [2.24, 2.45) is 0 Å². The molecule has 1 amide bonds. The highest BCUT2D eigenvalue weighted by atomic mass is 79.9. The average Bonchev–Trinajstić information content (AvgIpc) is 2.74. The molecule has 1 atom stereocenters. The number of hydrogen-bond acceptors (Lipinski definition) is 3. The highest BCUT2D eigenvalue weighted by Crippen LogP contribution is 2.35. The van der Waals surface area contributed by atoms with E-state index in [1.165, 1.54) is 12.1 Å². The van der Waals surface area contributed by atoms with Crippen molar-refractivity contribution in [3.63, 3.8) is 0 Å². The summed E-state index contributed by atoms with van der Waals surface area (Å²) in [6, 6.07) is 10.9. The highest BCUT2D eigenvalue weighted by Gasteiger charge is 2.31. The molecule has 2 aromatic carbocycles. The monoisotopic (exact) mass is 345 g/mol. The first-order valence-electron chi connectivity index (χ1n) is 6.15. The summed E-state index contributed by atoms with van der Waals surface area (Å²) >= 11 is 3.34. The largest absolute Gasteiger partial charge is 0.369 e. The lowest BCUT2D eigenvalue weighted by atomic mass is 10.1. The molecule has 1 aliphatic heterocycles. The maximum atomic E-state index is 13.6. The van der Waals surface area contributed by atoms with Gasteiger partial charge in [0.25, 0.3) is 5.91 Å². The summed E-state index contributed by atoms with van der Waals surface area (Å²) in [7, 11) is 0. The highest BCUT2D eigenvalue weighted by molar-refractivity contribution is 9.10. The lowest BCUT2D eigenvalue weighted by molar-refractivity contribution is -0.116. The molecule has 0 saturated carbocycles. The molecule has 104 valence electrons. The van der Waals surface area contributed by atoms with Crippen molar-refractivity contribution < 1.29 is 9.18 Å². The van der Waals surface area contributed by atoms with Gasteiger partial charge in [0.05, 0.1) is 5.69 Å². The zero-order chi connectivity index (χ0) is 15.0. The second-order valence-corrected chi connectivity index (χ2v) is 5.49. The van der Waals surface area contributed by atoms with E-state index < -0.39 is 11.9 Å². The molecule has 0 saturated heterocycles. The molecule has 1 heterocycles. The fourth-order valence-corrected chi connectivity index (χ4v) is 2.65. The number of nitrogens with zero attached hydrogens (tertiary/aromatic N) is 1. The van der Waals surface area contributed by atoms with E-state index in [0.717, 1.165) is 10.0 Å². The molecule has 21 heavy (non-hydrogen) atoms. The van der Waals surface area contributed by atoms with Gasteiger partial charge in [-0.2, -0.15) is 5.26 Å². The first-order valence-corrected chi connectivity index (χ1v) is 6.95. The number of nitriles is 1. The third kappa shape index (κ3) is 2.36. The molecule has 2 N–H and O–H groups in total. The molecule has 1 aliphatic rings. The van der Waals surface area contributed by atoms with Gasteiger partial charge in [-0.05, 0) is 24.3 Å².